The van der Waals surface area contributed by atoms with Gasteiger partial charge in [-0.1, -0.05) is 12.8 Å². The van der Waals surface area contributed by atoms with E-state index in [9.17, 15) is 18.0 Å². The summed E-state index contributed by atoms with van der Waals surface area (Å²) in [6.07, 6.45) is 5.36. The molecule has 1 aliphatic carbocycles. The molecule has 2 amide bonds. The quantitative estimate of drug-likeness (QED) is 0.757. The van der Waals surface area contributed by atoms with E-state index in [1.807, 2.05) is 4.90 Å². The van der Waals surface area contributed by atoms with Crippen LogP contribution in [0.3, 0.4) is 0 Å². The highest BCUT2D eigenvalue weighted by atomic mass is 32.2. The summed E-state index contributed by atoms with van der Waals surface area (Å²) in [5.41, 5.74) is 0. The normalized spacial score (nSPS) is 28.6. The molecule has 0 radical (unpaired) electrons. The van der Waals surface area contributed by atoms with Crippen molar-refractivity contribution in [3.8, 4) is 0 Å². The number of rotatable bonds is 5. The van der Waals surface area contributed by atoms with Gasteiger partial charge in [0.05, 0.1) is 11.7 Å². The number of nitrogens with zero attached hydrogens (tertiary/aromatic N) is 2. The SMILES string of the molecule is O=C(NCCN1CCCS1(=O)=O)[C@H]1CC(=O)N(C2CCCC2)C1. The fourth-order valence-corrected chi connectivity index (χ4v) is 5.40. The van der Waals surface area contributed by atoms with E-state index in [1.54, 1.807) is 0 Å². The van der Waals surface area contributed by atoms with Crippen LogP contribution in [0.2, 0.25) is 0 Å². The first kappa shape index (κ1) is 16.7. The molecule has 0 unspecified atom stereocenters. The van der Waals surface area contributed by atoms with Crippen molar-refractivity contribution in [2.75, 3.05) is 31.9 Å². The minimum atomic E-state index is -3.11. The largest absolute Gasteiger partial charge is 0.354 e. The van der Waals surface area contributed by atoms with Crippen LogP contribution in [0.5, 0.6) is 0 Å². The second-order valence-corrected chi connectivity index (χ2v) is 8.83. The first-order valence-corrected chi connectivity index (χ1v) is 10.1. The van der Waals surface area contributed by atoms with Crippen LogP contribution in [-0.2, 0) is 19.6 Å². The van der Waals surface area contributed by atoms with Crippen LogP contribution in [0.15, 0.2) is 0 Å². The standard InChI is InChI=1S/C15H25N3O4S/c19-14-10-12(11-18(14)13-4-1-2-5-13)15(20)16-6-8-17-7-3-9-23(17,21)22/h12-13H,1-11H2,(H,16,20)/t12-/m0/s1. The molecule has 3 aliphatic rings. The van der Waals surface area contributed by atoms with E-state index in [0.717, 1.165) is 25.7 Å². The monoisotopic (exact) mass is 343 g/mol. The lowest BCUT2D eigenvalue weighted by Crippen LogP contribution is -2.40. The molecule has 1 atom stereocenters. The van der Waals surface area contributed by atoms with E-state index in [0.29, 0.717) is 38.6 Å². The Bertz CT molecular complexity index is 571. The first-order valence-electron chi connectivity index (χ1n) is 8.52. The molecule has 1 saturated carbocycles. The summed E-state index contributed by atoms with van der Waals surface area (Å²) < 4.78 is 24.8. The highest BCUT2D eigenvalue weighted by molar-refractivity contribution is 7.89. The molecule has 0 spiro atoms. The van der Waals surface area contributed by atoms with Crippen molar-refractivity contribution in [2.24, 2.45) is 5.92 Å². The predicted octanol–water partition coefficient (Wildman–Crippen LogP) is -0.0708. The van der Waals surface area contributed by atoms with Crippen LogP contribution in [-0.4, -0.2) is 67.4 Å². The zero-order valence-corrected chi connectivity index (χ0v) is 14.2. The molecule has 8 heteroatoms. The number of carbonyl (C=O) groups excluding carboxylic acids is 2. The number of nitrogens with one attached hydrogen (secondary N) is 1. The lowest BCUT2D eigenvalue weighted by molar-refractivity contribution is -0.130. The van der Waals surface area contributed by atoms with Crippen molar-refractivity contribution in [1.29, 1.82) is 0 Å². The van der Waals surface area contributed by atoms with Gasteiger partial charge in [-0.25, -0.2) is 12.7 Å². The smallest absolute Gasteiger partial charge is 0.225 e. The molecule has 1 N–H and O–H groups in total. The molecule has 3 rings (SSSR count). The summed E-state index contributed by atoms with van der Waals surface area (Å²) in [5.74, 6) is -0.137. The third-order valence-corrected chi connectivity index (χ3v) is 7.11. The Balaban J connectivity index is 1.45. The van der Waals surface area contributed by atoms with Gasteiger partial charge in [-0.15, -0.1) is 0 Å². The molecule has 0 aromatic rings. The molecular formula is C15H25N3O4S. The summed E-state index contributed by atoms with van der Waals surface area (Å²) in [5, 5.41) is 2.80. The van der Waals surface area contributed by atoms with Gasteiger partial charge in [0.25, 0.3) is 0 Å². The van der Waals surface area contributed by atoms with E-state index in [2.05, 4.69) is 5.32 Å². The Kier molecular flexibility index (Phi) is 4.91. The number of amides is 2. The average Bonchev–Trinajstić information content (AvgIpc) is 3.19. The lowest BCUT2D eigenvalue weighted by atomic mass is 10.1. The second-order valence-electron chi connectivity index (χ2n) is 6.75. The molecule has 3 fully saturated rings. The zero-order chi connectivity index (χ0) is 16.4. The third kappa shape index (κ3) is 3.68. The van der Waals surface area contributed by atoms with E-state index >= 15 is 0 Å². The van der Waals surface area contributed by atoms with Crippen molar-refractivity contribution >= 4 is 21.8 Å². The number of sulfonamides is 1. The van der Waals surface area contributed by atoms with Gasteiger partial charge in [0, 0.05) is 38.6 Å². The Morgan fingerprint density at radius 1 is 1.22 bits per heavy atom. The van der Waals surface area contributed by atoms with Gasteiger partial charge in [-0.2, -0.15) is 0 Å². The Labute approximate surface area is 137 Å². The molecule has 2 saturated heterocycles. The van der Waals surface area contributed by atoms with Gasteiger partial charge in [-0.3, -0.25) is 9.59 Å². The molecule has 0 bridgehead atoms. The molecule has 0 aromatic carbocycles. The van der Waals surface area contributed by atoms with Crippen molar-refractivity contribution < 1.29 is 18.0 Å². The Morgan fingerprint density at radius 3 is 2.61 bits per heavy atom. The van der Waals surface area contributed by atoms with Crippen molar-refractivity contribution in [3.63, 3.8) is 0 Å². The van der Waals surface area contributed by atoms with Crippen LogP contribution < -0.4 is 5.32 Å². The minimum Gasteiger partial charge on any atom is -0.354 e. The maximum absolute atomic E-state index is 12.2. The van der Waals surface area contributed by atoms with Crippen LogP contribution in [0.4, 0.5) is 0 Å². The van der Waals surface area contributed by atoms with Crippen LogP contribution in [0.1, 0.15) is 38.5 Å². The molecule has 2 aliphatic heterocycles. The fraction of sp³-hybridized carbons (Fsp3) is 0.867. The van der Waals surface area contributed by atoms with E-state index in [-0.39, 0.29) is 29.9 Å². The maximum atomic E-state index is 12.2. The topological polar surface area (TPSA) is 86.8 Å². The molecule has 2 heterocycles. The summed E-state index contributed by atoms with van der Waals surface area (Å²) in [7, 11) is -3.11. The van der Waals surface area contributed by atoms with Gasteiger partial charge in [-0.05, 0) is 19.3 Å². The van der Waals surface area contributed by atoms with Gasteiger partial charge < -0.3 is 10.2 Å². The minimum absolute atomic E-state index is 0.0826. The van der Waals surface area contributed by atoms with Gasteiger partial charge in [0.2, 0.25) is 21.8 Å². The number of carbonyl (C=O) groups is 2. The van der Waals surface area contributed by atoms with E-state index in [1.165, 1.54) is 4.31 Å². The predicted molar refractivity (Wildman–Crippen MR) is 85.1 cm³/mol. The summed E-state index contributed by atoms with van der Waals surface area (Å²) in [4.78, 5) is 26.2. The van der Waals surface area contributed by atoms with Crippen LogP contribution in [0, 0.1) is 5.92 Å². The maximum Gasteiger partial charge on any atom is 0.225 e. The van der Waals surface area contributed by atoms with Gasteiger partial charge in [0.15, 0.2) is 0 Å². The number of hydrogen-bond donors (Lipinski definition) is 1. The average molecular weight is 343 g/mol. The second kappa shape index (κ2) is 6.76. The Hall–Kier alpha value is -1.15. The molecular weight excluding hydrogens is 318 g/mol. The molecule has 23 heavy (non-hydrogen) atoms. The highest BCUT2D eigenvalue weighted by Crippen LogP contribution is 2.29. The summed E-state index contributed by atoms with van der Waals surface area (Å²) in [6, 6.07) is 0.315. The van der Waals surface area contributed by atoms with Crippen LogP contribution in [0.25, 0.3) is 0 Å². The van der Waals surface area contributed by atoms with Gasteiger partial charge in [0.1, 0.15) is 0 Å². The van der Waals surface area contributed by atoms with Crippen LogP contribution >= 0.6 is 0 Å². The Morgan fingerprint density at radius 2 is 1.96 bits per heavy atom. The lowest BCUT2D eigenvalue weighted by Gasteiger charge is -2.24. The van der Waals surface area contributed by atoms with Crippen molar-refractivity contribution in [2.45, 2.75) is 44.6 Å². The molecule has 0 aromatic heterocycles. The van der Waals surface area contributed by atoms with Crippen molar-refractivity contribution in [3.05, 3.63) is 0 Å². The highest BCUT2D eigenvalue weighted by Gasteiger charge is 2.38. The first-order chi connectivity index (χ1) is 11.0. The van der Waals surface area contributed by atoms with Crippen molar-refractivity contribution in [1.82, 2.24) is 14.5 Å². The molecule has 7 nitrogen and oxygen atoms in total. The summed E-state index contributed by atoms with van der Waals surface area (Å²) >= 11 is 0. The van der Waals surface area contributed by atoms with E-state index < -0.39 is 10.0 Å². The number of likely N-dealkylation sites (tertiary alicyclic amines) is 1. The van der Waals surface area contributed by atoms with E-state index in [4.69, 9.17) is 0 Å². The van der Waals surface area contributed by atoms with Gasteiger partial charge >= 0.3 is 0 Å². The summed E-state index contributed by atoms with van der Waals surface area (Å²) in [6.45, 7) is 1.68. The number of hydrogen-bond acceptors (Lipinski definition) is 4. The zero-order valence-electron chi connectivity index (χ0n) is 13.4. The molecule has 130 valence electrons. The fourth-order valence-electron chi connectivity index (χ4n) is 3.87. The third-order valence-electron chi connectivity index (χ3n) is 5.16.